The average molecular weight is 278 g/mol. The van der Waals surface area contributed by atoms with E-state index >= 15 is 0 Å². The minimum atomic E-state index is -1.60. The highest BCUT2D eigenvalue weighted by molar-refractivity contribution is 5.85. The van der Waals surface area contributed by atoms with E-state index in [0.29, 0.717) is 0 Å². The summed E-state index contributed by atoms with van der Waals surface area (Å²) < 4.78 is 30.7. The summed E-state index contributed by atoms with van der Waals surface area (Å²) in [5.74, 6) is 0. The van der Waals surface area contributed by atoms with Crippen LogP contribution in [0.5, 0.6) is 0 Å². The number of hydrogen-bond donors (Lipinski definition) is 0. The fourth-order valence-electron chi connectivity index (χ4n) is 1.68. The SMILES string of the molecule is Cl.O=C(OCc1ccccc1)N1C[C@@H](F)[C@H](F)C1. The fraction of sp³-hybridized carbons (Fsp3) is 0.417. The Morgan fingerprint density at radius 3 is 2.33 bits per heavy atom. The molecule has 1 fully saturated rings. The first-order valence-corrected chi connectivity index (χ1v) is 5.40. The summed E-state index contributed by atoms with van der Waals surface area (Å²) in [7, 11) is 0. The lowest BCUT2D eigenvalue weighted by atomic mass is 10.2. The highest BCUT2D eigenvalue weighted by Gasteiger charge is 2.36. The van der Waals surface area contributed by atoms with Gasteiger partial charge in [0, 0.05) is 0 Å². The van der Waals surface area contributed by atoms with Crippen LogP contribution in [-0.2, 0) is 11.3 Å². The van der Waals surface area contributed by atoms with Gasteiger partial charge in [-0.1, -0.05) is 30.3 Å². The van der Waals surface area contributed by atoms with Crippen LogP contribution in [0.2, 0.25) is 0 Å². The monoisotopic (exact) mass is 277 g/mol. The van der Waals surface area contributed by atoms with Crippen LogP contribution in [-0.4, -0.2) is 36.4 Å². The molecule has 100 valence electrons. The van der Waals surface area contributed by atoms with E-state index in [4.69, 9.17) is 4.74 Å². The van der Waals surface area contributed by atoms with Gasteiger partial charge in [-0.05, 0) is 5.56 Å². The van der Waals surface area contributed by atoms with Gasteiger partial charge < -0.3 is 9.64 Å². The van der Waals surface area contributed by atoms with E-state index in [2.05, 4.69) is 0 Å². The van der Waals surface area contributed by atoms with Crippen LogP contribution in [0.4, 0.5) is 13.6 Å². The summed E-state index contributed by atoms with van der Waals surface area (Å²) >= 11 is 0. The highest BCUT2D eigenvalue weighted by Crippen LogP contribution is 2.17. The average Bonchev–Trinajstić information content (AvgIpc) is 2.68. The number of rotatable bonds is 2. The van der Waals surface area contributed by atoms with Gasteiger partial charge in [0.05, 0.1) is 13.1 Å². The first-order chi connectivity index (χ1) is 8.16. The van der Waals surface area contributed by atoms with E-state index < -0.39 is 18.4 Å². The maximum Gasteiger partial charge on any atom is 0.410 e. The van der Waals surface area contributed by atoms with E-state index in [1.165, 1.54) is 0 Å². The largest absolute Gasteiger partial charge is 0.445 e. The molecule has 18 heavy (non-hydrogen) atoms. The minimum absolute atomic E-state index is 0. The van der Waals surface area contributed by atoms with Gasteiger partial charge in [-0.3, -0.25) is 0 Å². The zero-order valence-corrected chi connectivity index (χ0v) is 10.4. The molecule has 1 heterocycles. The lowest BCUT2D eigenvalue weighted by Crippen LogP contribution is -2.29. The lowest BCUT2D eigenvalue weighted by molar-refractivity contribution is 0.101. The smallest absolute Gasteiger partial charge is 0.410 e. The third-order valence-electron chi connectivity index (χ3n) is 2.65. The maximum absolute atomic E-state index is 12.9. The topological polar surface area (TPSA) is 29.5 Å². The number of carbonyl (C=O) groups is 1. The predicted molar refractivity (Wildman–Crippen MR) is 65.2 cm³/mol. The van der Waals surface area contributed by atoms with Crippen molar-refractivity contribution in [3.05, 3.63) is 35.9 Å². The van der Waals surface area contributed by atoms with Crippen LogP contribution >= 0.6 is 12.4 Å². The molecule has 6 heteroatoms. The minimum Gasteiger partial charge on any atom is -0.445 e. The van der Waals surface area contributed by atoms with Crippen molar-refractivity contribution in [1.29, 1.82) is 0 Å². The number of nitrogens with zero attached hydrogens (tertiary/aromatic N) is 1. The normalized spacial score (nSPS) is 22.4. The van der Waals surface area contributed by atoms with Crippen molar-refractivity contribution in [3.8, 4) is 0 Å². The van der Waals surface area contributed by atoms with E-state index in [1.54, 1.807) is 0 Å². The van der Waals surface area contributed by atoms with Gasteiger partial charge >= 0.3 is 6.09 Å². The van der Waals surface area contributed by atoms with Gasteiger partial charge in [0.25, 0.3) is 0 Å². The molecular weight excluding hydrogens is 264 g/mol. The zero-order valence-electron chi connectivity index (χ0n) is 9.59. The Morgan fingerprint density at radius 2 is 1.78 bits per heavy atom. The van der Waals surface area contributed by atoms with Crippen molar-refractivity contribution in [2.75, 3.05) is 13.1 Å². The summed E-state index contributed by atoms with van der Waals surface area (Å²) in [4.78, 5) is 12.5. The first kappa shape index (κ1) is 14.7. The van der Waals surface area contributed by atoms with Gasteiger partial charge in [0.15, 0.2) is 12.3 Å². The molecule has 1 aromatic rings. The number of hydrogen-bond acceptors (Lipinski definition) is 2. The molecule has 1 amide bonds. The first-order valence-electron chi connectivity index (χ1n) is 5.40. The molecule has 0 N–H and O–H groups in total. The Balaban J connectivity index is 0.00000162. The number of ether oxygens (including phenoxy) is 1. The summed E-state index contributed by atoms with van der Waals surface area (Å²) in [5.41, 5.74) is 0.841. The molecule has 0 bridgehead atoms. The standard InChI is InChI=1S/C12H13F2NO2.ClH/c13-10-6-15(7-11(10)14)12(16)17-8-9-4-2-1-3-5-9;/h1-5,10-11H,6-8H2;1H/t10-,11-;/m1./s1. The number of amides is 1. The molecule has 0 radical (unpaired) electrons. The number of halogens is 3. The Bertz CT molecular complexity index is 381. The van der Waals surface area contributed by atoms with Crippen LogP contribution in [0, 0.1) is 0 Å². The van der Waals surface area contributed by atoms with Crippen LogP contribution < -0.4 is 0 Å². The fourth-order valence-corrected chi connectivity index (χ4v) is 1.68. The Morgan fingerprint density at radius 1 is 1.22 bits per heavy atom. The quantitative estimate of drug-likeness (QED) is 0.832. The molecule has 0 aliphatic carbocycles. The van der Waals surface area contributed by atoms with Crippen LogP contribution in [0.1, 0.15) is 5.56 Å². The second-order valence-electron chi connectivity index (χ2n) is 3.98. The van der Waals surface area contributed by atoms with E-state index in [0.717, 1.165) is 10.5 Å². The molecule has 1 saturated heterocycles. The molecule has 3 nitrogen and oxygen atoms in total. The predicted octanol–water partition coefficient (Wildman–Crippen LogP) is 2.74. The molecular formula is C12H14ClF2NO2. The van der Waals surface area contributed by atoms with E-state index in [1.807, 2.05) is 30.3 Å². The second kappa shape index (κ2) is 6.54. The van der Waals surface area contributed by atoms with Gasteiger partial charge in [-0.25, -0.2) is 13.6 Å². The number of likely N-dealkylation sites (tertiary alicyclic amines) is 1. The van der Waals surface area contributed by atoms with E-state index in [-0.39, 0.29) is 32.1 Å². The zero-order chi connectivity index (χ0) is 12.3. The van der Waals surface area contributed by atoms with Gasteiger partial charge in [0.1, 0.15) is 6.61 Å². The molecule has 0 unspecified atom stereocenters. The van der Waals surface area contributed by atoms with Crippen molar-refractivity contribution < 1.29 is 18.3 Å². The molecule has 1 aliphatic rings. The van der Waals surface area contributed by atoms with Crippen LogP contribution in [0.3, 0.4) is 0 Å². The van der Waals surface area contributed by atoms with Crippen molar-refractivity contribution in [2.45, 2.75) is 19.0 Å². The van der Waals surface area contributed by atoms with Gasteiger partial charge in [0.2, 0.25) is 0 Å². The van der Waals surface area contributed by atoms with Crippen molar-refractivity contribution in [2.24, 2.45) is 0 Å². The van der Waals surface area contributed by atoms with Gasteiger partial charge in [-0.2, -0.15) is 0 Å². The maximum atomic E-state index is 12.9. The third-order valence-corrected chi connectivity index (χ3v) is 2.65. The van der Waals surface area contributed by atoms with Gasteiger partial charge in [-0.15, -0.1) is 12.4 Å². The van der Waals surface area contributed by atoms with Crippen molar-refractivity contribution in [1.82, 2.24) is 4.90 Å². The Labute approximate surface area is 110 Å². The molecule has 1 aromatic carbocycles. The molecule has 0 saturated carbocycles. The molecule has 0 aromatic heterocycles. The Kier molecular flexibility index (Phi) is 5.34. The summed E-state index contributed by atoms with van der Waals surface area (Å²) in [6.45, 7) is -0.340. The molecule has 2 rings (SSSR count). The molecule has 0 spiro atoms. The molecule has 1 aliphatic heterocycles. The highest BCUT2D eigenvalue weighted by atomic mass is 35.5. The third kappa shape index (κ3) is 3.57. The number of alkyl halides is 2. The summed E-state index contributed by atoms with van der Waals surface area (Å²) in [6.07, 6.45) is -3.87. The number of benzene rings is 1. The number of carbonyl (C=O) groups excluding carboxylic acids is 1. The Hall–Kier alpha value is -1.36. The van der Waals surface area contributed by atoms with Crippen LogP contribution in [0.15, 0.2) is 30.3 Å². The van der Waals surface area contributed by atoms with Crippen molar-refractivity contribution >= 4 is 18.5 Å². The van der Waals surface area contributed by atoms with E-state index in [9.17, 15) is 13.6 Å². The summed E-state index contributed by atoms with van der Waals surface area (Å²) in [6, 6.07) is 9.13. The van der Waals surface area contributed by atoms with Crippen molar-refractivity contribution in [3.63, 3.8) is 0 Å². The lowest BCUT2D eigenvalue weighted by Gasteiger charge is -2.14. The summed E-state index contributed by atoms with van der Waals surface area (Å²) in [5, 5.41) is 0. The molecule has 2 atom stereocenters. The van der Waals surface area contributed by atoms with Crippen LogP contribution in [0.25, 0.3) is 0 Å². The second-order valence-corrected chi connectivity index (χ2v) is 3.98.